The molecule has 0 saturated heterocycles. The molecule has 5 nitrogen and oxygen atoms in total. The maximum atomic E-state index is 11.8. The first-order valence-corrected chi connectivity index (χ1v) is 9.03. The van der Waals surface area contributed by atoms with Gasteiger partial charge in [0.05, 0.1) is 5.92 Å². The highest BCUT2D eigenvalue weighted by molar-refractivity contribution is 8.13. The number of hydrogen-bond acceptors (Lipinski definition) is 6. The van der Waals surface area contributed by atoms with Gasteiger partial charge in [0.25, 0.3) is 0 Å². The van der Waals surface area contributed by atoms with Crippen LogP contribution in [-0.2, 0) is 19.1 Å². The molecule has 1 N–H and O–H groups in total. The minimum atomic E-state index is -1.13. The van der Waals surface area contributed by atoms with Crippen molar-refractivity contribution in [3.05, 3.63) is 0 Å². The highest BCUT2D eigenvalue weighted by atomic mass is 32.2. The van der Waals surface area contributed by atoms with Crippen LogP contribution >= 0.6 is 23.5 Å². The normalized spacial score (nSPS) is 13.8. The number of aliphatic carboxylic acids is 1. The molecule has 0 aliphatic rings. The Morgan fingerprint density at radius 1 is 1.14 bits per heavy atom. The van der Waals surface area contributed by atoms with E-state index in [0.717, 1.165) is 24.6 Å². The standard InChI is InChI=1S/C14H24O5S2/c1-5-11(6-2)21-8-12(13(16)17)19-14(18)9(3)7-20-10(4)15/h9,11-12H,5-8H2,1-4H3,(H,16,17)/t9-,12?/m0/s1. The molecule has 0 amide bonds. The second kappa shape index (κ2) is 11.0. The van der Waals surface area contributed by atoms with Gasteiger partial charge in [0, 0.05) is 23.7 Å². The second-order valence-electron chi connectivity index (χ2n) is 4.74. The number of carbonyl (C=O) groups is 3. The molecule has 0 aliphatic heterocycles. The third-order valence-electron chi connectivity index (χ3n) is 2.87. The van der Waals surface area contributed by atoms with Gasteiger partial charge in [0.1, 0.15) is 0 Å². The lowest BCUT2D eigenvalue weighted by molar-refractivity contribution is -0.164. The number of esters is 1. The van der Waals surface area contributed by atoms with Gasteiger partial charge in [-0.2, -0.15) is 11.8 Å². The molecule has 0 spiro atoms. The molecular weight excluding hydrogens is 312 g/mol. The average molecular weight is 336 g/mol. The van der Waals surface area contributed by atoms with Crippen LogP contribution in [-0.4, -0.2) is 45.0 Å². The van der Waals surface area contributed by atoms with Crippen molar-refractivity contribution >= 4 is 40.6 Å². The zero-order valence-corrected chi connectivity index (χ0v) is 14.6. The van der Waals surface area contributed by atoms with Gasteiger partial charge in [0.2, 0.25) is 6.10 Å². The van der Waals surface area contributed by atoms with E-state index in [0.29, 0.717) is 11.0 Å². The second-order valence-corrected chi connectivity index (χ2v) is 7.27. The number of carboxylic acid groups (broad SMARTS) is 1. The number of thioether (sulfide) groups is 2. The molecule has 1 unspecified atom stereocenters. The van der Waals surface area contributed by atoms with Crippen molar-refractivity contribution < 1.29 is 24.2 Å². The van der Waals surface area contributed by atoms with E-state index in [1.54, 1.807) is 6.92 Å². The van der Waals surface area contributed by atoms with Gasteiger partial charge < -0.3 is 9.84 Å². The van der Waals surface area contributed by atoms with Crippen molar-refractivity contribution in [2.75, 3.05) is 11.5 Å². The molecule has 0 radical (unpaired) electrons. The number of carbonyl (C=O) groups excluding carboxylic acids is 2. The third-order valence-corrected chi connectivity index (χ3v) is 5.57. The number of hydrogen-bond donors (Lipinski definition) is 1. The molecule has 0 aromatic rings. The predicted octanol–water partition coefficient (Wildman–Crippen LogP) is 2.82. The lowest BCUT2D eigenvalue weighted by Gasteiger charge is -2.19. The summed E-state index contributed by atoms with van der Waals surface area (Å²) in [5.41, 5.74) is 0. The summed E-state index contributed by atoms with van der Waals surface area (Å²) in [6.07, 6.45) is 0.771. The summed E-state index contributed by atoms with van der Waals surface area (Å²) in [5, 5.41) is 9.43. The van der Waals surface area contributed by atoms with Crippen LogP contribution in [0.5, 0.6) is 0 Å². The largest absolute Gasteiger partial charge is 0.478 e. The first-order valence-electron chi connectivity index (χ1n) is 6.99. The van der Waals surface area contributed by atoms with Crippen LogP contribution in [0.3, 0.4) is 0 Å². The van der Waals surface area contributed by atoms with Gasteiger partial charge in [-0.3, -0.25) is 9.59 Å². The van der Waals surface area contributed by atoms with Crippen molar-refractivity contribution in [2.24, 2.45) is 5.92 Å². The van der Waals surface area contributed by atoms with Gasteiger partial charge in [0.15, 0.2) is 5.12 Å². The molecule has 0 aliphatic carbocycles. The lowest BCUT2D eigenvalue weighted by Crippen LogP contribution is -2.32. The molecule has 0 saturated carbocycles. The monoisotopic (exact) mass is 336 g/mol. The van der Waals surface area contributed by atoms with Gasteiger partial charge in [-0.1, -0.05) is 32.5 Å². The zero-order chi connectivity index (χ0) is 16.4. The highest BCUT2D eigenvalue weighted by Gasteiger charge is 2.26. The van der Waals surface area contributed by atoms with E-state index in [1.807, 2.05) is 13.8 Å². The SMILES string of the molecule is CCC(CC)SCC(OC(=O)[C@@H](C)CSC(C)=O)C(=O)O. The van der Waals surface area contributed by atoms with Crippen LogP contribution in [0.15, 0.2) is 0 Å². The van der Waals surface area contributed by atoms with Crippen molar-refractivity contribution in [1.82, 2.24) is 0 Å². The van der Waals surface area contributed by atoms with Crippen LogP contribution in [0, 0.1) is 5.92 Å². The van der Waals surface area contributed by atoms with E-state index in [-0.39, 0.29) is 10.9 Å². The van der Waals surface area contributed by atoms with Gasteiger partial charge in [-0.05, 0) is 12.8 Å². The van der Waals surface area contributed by atoms with Crippen molar-refractivity contribution in [1.29, 1.82) is 0 Å². The van der Waals surface area contributed by atoms with E-state index in [1.165, 1.54) is 18.7 Å². The minimum absolute atomic E-state index is 0.0753. The van der Waals surface area contributed by atoms with Crippen molar-refractivity contribution in [2.45, 2.75) is 51.9 Å². The van der Waals surface area contributed by atoms with E-state index in [2.05, 4.69) is 0 Å². The van der Waals surface area contributed by atoms with Crippen LogP contribution in [0.4, 0.5) is 0 Å². The van der Waals surface area contributed by atoms with Crippen LogP contribution in [0.25, 0.3) is 0 Å². The molecule has 0 heterocycles. The molecule has 122 valence electrons. The Balaban J connectivity index is 4.39. The van der Waals surface area contributed by atoms with E-state index in [9.17, 15) is 14.4 Å². The molecule has 0 aromatic carbocycles. The summed E-state index contributed by atoms with van der Waals surface area (Å²) in [4.78, 5) is 33.9. The summed E-state index contributed by atoms with van der Waals surface area (Å²) >= 11 is 2.55. The number of ether oxygens (including phenoxy) is 1. The molecule has 7 heteroatoms. The van der Waals surface area contributed by atoms with Gasteiger partial charge >= 0.3 is 11.9 Å². The molecule has 0 bridgehead atoms. The Morgan fingerprint density at radius 2 is 1.71 bits per heavy atom. The first-order chi connectivity index (χ1) is 9.81. The first kappa shape index (κ1) is 20.3. The fourth-order valence-corrected chi connectivity index (χ4v) is 3.22. The van der Waals surface area contributed by atoms with E-state index in [4.69, 9.17) is 9.84 Å². The summed E-state index contributed by atoms with van der Waals surface area (Å²) in [6.45, 7) is 7.15. The van der Waals surface area contributed by atoms with Gasteiger partial charge in [-0.25, -0.2) is 4.79 Å². The Morgan fingerprint density at radius 3 is 2.14 bits per heavy atom. The smallest absolute Gasteiger partial charge is 0.345 e. The Hall–Kier alpha value is -0.690. The zero-order valence-electron chi connectivity index (χ0n) is 13.0. The van der Waals surface area contributed by atoms with Crippen LogP contribution < -0.4 is 0 Å². The fraction of sp³-hybridized carbons (Fsp3) is 0.786. The van der Waals surface area contributed by atoms with Crippen LogP contribution in [0.1, 0.15) is 40.5 Å². The van der Waals surface area contributed by atoms with Crippen LogP contribution in [0.2, 0.25) is 0 Å². The Bertz CT molecular complexity index is 355. The highest BCUT2D eigenvalue weighted by Crippen LogP contribution is 2.20. The summed E-state index contributed by atoms with van der Waals surface area (Å²) < 4.78 is 5.06. The van der Waals surface area contributed by atoms with E-state index < -0.39 is 24.0 Å². The number of rotatable bonds is 10. The predicted molar refractivity (Wildman–Crippen MR) is 86.6 cm³/mol. The molecular formula is C14H24O5S2. The third kappa shape index (κ3) is 9.03. The lowest BCUT2D eigenvalue weighted by atomic mass is 10.2. The molecule has 0 rings (SSSR count). The van der Waals surface area contributed by atoms with E-state index >= 15 is 0 Å². The molecule has 0 aromatic heterocycles. The Kier molecular flexibility index (Phi) is 10.6. The molecule has 21 heavy (non-hydrogen) atoms. The summed E-state index contributed by atoms with van der Waals surface area (Å²) in [7, 11) is 0. The van der Waals surface area contributed by atoms with Gasteiger partial charge in [-0.15, -0.1) is 0 Å². The summed E-state index contributed by atoms with van der Waals surface area (Å²) in [5.74, 6) is -1.64. The maximum absolute atomic E-state index is 11.8. The maximum Gasteiger partial charge on any atom is 0.345 e. The number of carboxylic acids is 1. The minimum Gasteiger partial charge on any atom is -0.478 e. The molecule has 0 fully saturated rings. The van der Waals surface area contributed by atoms with Crippen molar-refractivity contribution in [3.63, 3.8) is 0 Å². The summed E-state index contributed by atoms with van der Waals surface area (Å²) in [6, 6.07) is 0. The fourth-order valence-electron chi connectivity index (χ4n) is 1.47. The van der Waals surface area contributed by atoms with Crippen molar-refractivity contribution in [3.8, 4) is 0 Å². The quantitative estimate of drug-likeness (QED) is 0.614. The average Bonchev–Trinajstić information content (AvgIpc) is 2.43. The topological polar surface area (TPSA) is 80.7 Å². The molecule has 2 atom stereocenters. The Labute approximate surface area is 134 Å².